The average Bonchev–Trinajstić information content (AvgIpc) is 3.61. The highest BCUT2D eigenvalue weighted by Crippen LogP contribution is 2.34. The van der Waals surface area contributed by atoms with Crippen LogP contribution in [-0.4, -0.2) is 72.4 Å². The molecule has 1 aromatic heterocycles. The average molecular weight is 492 g/mol. The summed E-state index contributed by atoms with van der Waals surface area (Å²) in [5.41, 5.74) is 4.16. The Labute approximate surface area is 213 Å². The van der Waals surface area contributed by atoms with Gasteiger partial charge in [-0.05, 0) is 75.9 Å². The van der Waals surface area contributed by atoms with Crippen molar-refractivity contribution in [2.45, 2.75) is 57.8 Å². The molecule has 1 saturated carbocycles. The lowest BCUT2D eigenvalue weighted by molar-refractivity contribution is 0.0984. The van der Waals surface area contributed by atoms with Crippen molar-refractivity contribution in [3.05, 3.63) is 35.5 Å². The van der Waals surface area contributed by atoms with Gasteiger partial charge in [-0.3, -0.25) is 4.90 Å². The second kappa shape index (κ2) is 10.3. The fourth-order valence-corrected chi connectivity index (χ4v) is 5.55. The first kappa shape index (κ1) is 23.6. The summed E-state index contributed by atoms with van der Waals surface area (Å²) in [4.78, 5) is 27.3. The van der Waals surface area contributed by atoms with Crippen LogP contribution in [0.5, 0.6) is 0 Å². The molecule has 0 bridgehead atoms. The second-order valence-corrected chi connectivity index (χ2v) is 10.7. The van der Waals surface area contributed by atoms with E-state index in [1.54, 1.807) is 0 Å². The van der Waals surface area contributed by atoms with Crippen LogP contribution >= 0.6 is 0 Å². The highest BCUT2D eigenvalue weighted by molar-refractivity contribution is 5.89. The lowest BCUT2D eigenvalue weighted by Gasteiger charge is -2.35. The van der Waals surface area contributed by atoms with E-state index in [4.69, 9.17) is 14.7 Å². The molecular formula is C27H37N7O2. The number of urea groups is 1. The van der Waals surface area contributed by atoms with Gasteiger partial charge in [0.2, 0.25) is 0 Å². The van der Waals surface area contributed by atoms with Crippen LogP contribution in [0, 0.1) is 5.92 Å². The molecule has 1 atom stereocenters. The Morgan fingerprint density at radius 2 is 1.92 bits per heavy atom. The molecule has 0 radical (unpaired) electrons. The molecule has 2 saturated heterocycles. The van der Waals surface area contributed by atoms with Crippen LogP contribution in [0.1, 0.15) is 43.9 Å². The Bertz CT molecular complexity index is 1080. The molecule has 3 fully saturated rings. The minimum atomic E-state index is -0.142. The van der Waals surface area contributed by atoms with Crippen LogP contribution < -0.4 is 20.9 Å². The van der Waals surface area contributed by atoms with Crippen molar-refractivity contribution in [1.82, 2.24) is 25.5 Å². The van der Waals surface area contributed by atoms with Crippen molar-refractivity contribution in [1.29, 1.82) is 0 Å². The van der Waals surface area contributed by atoms with Gasteiger partial charge >= 0.3 is 6.03 Å². The Morgan fingerprint density at radius 3 is 2.67 bits per heavy atom. The van der Waals surface area contributed by atoms with Gasteiger partial charge in [0.05, 0.1) is 24.9 Å². The molecular weight excluding hydrogens is 454 g/mol. The van der Waals surface area contributed by atoms with Gasteiger partial charge in [0, 0.05) is 49.0 Å². The fraction of sp³-hybridized carbons (Fsp3) is 0.593. The molecule has 6 rings (SSSR count). The molecule has 0 spiro atoms. The SMILES string of the molecule is CC1COCCN1c1nc(-c2ccc(NC(=O)NC3CC3)cc2)nc2c1CN(CC1CCNCC1)C2. The summed E-state index contributed by atoms with van der Waals surface area (Å²) >= 11 is 0. The molecule has 3 N–H and O–H groups in total. The van der Waals surface area contributed by atoms with Crippen molar-refractivity contribution in [2.75, 3.05) is 49.6 Å². The van der Waals surface area contributed by atoms with Crippen LogP contribution in [0.4, 0.5) is 16.3 Å². The minimum absolute atomic E-state index is 0.142. The van der Waals surface area contributed by atoms with Crippen LogP contribution in [0.3, 0.4) is 0 Å². The number of piperidine rings is 1. The number of hydrogen-bond donors (Lipinski definition) is 3. The van der Waals surface area contributed by atoms with Gasteiger partial charge in [-0.15, -0.1) is 0 Å². The summed E-state index contributed by atoms with van der Waals surface area (Å²) < 4.78 is 5.72. The van der Waals surface area contributed by atoms with Crippen LogP contribution in [0.2, 0.25) is 0 Å². The smallest absolute Gasteiger partial charge is 0.319 e. The largest absolute Gasteiger partial charge is 0.377 e. The molecule has 192 valence electrons. The number of nitrogens with one attached hydrogen (secondary N) is 3. The number of fused-ring (bicyclic) bond motifs is 1. The number of ether oxygens (including phenoxy) is 1. The Balaban J connectivity index is 1.24. The number of nitrogens with zero attached hydrogens (tertiary/aromatic N) is 4. The third-order valence-electron chi connectivity index (χ3n) is 7.75. The first-order valence-corrected chi connectivity index (χ1v) is 13.5. The zero-order chi connectivity index (χ0) is 24.5. The van der Waals surface area contributed by atoms with Gasteiger partial charge in [-0.2, -0.15) is 0 Å². The number of anilines is 2. The summed E-state index contributed by atoms with van der Waals surface area (Å²) in [6.07, 6.45) is 4.63. The standard InChI is InChI=1S/C27H37N7O2/c1-18-17-36-13-12-34(18)26-23-15-33(14-19-8-10-28-11-9-19)16-24(23)31-25(32-26)20-2-4-21(5-3-20)29-27(35)30-22-6-7-22/h2-5,18-19,22,28H,6-17H2,1H3,(H2,29,30,35). The monoisotopic (exact) mass is 491 g/mol. The molecule has 4 heterocycles. The van der Waals surface area contributed by atoms with Gasteiger partial charge in [0.1, 0.15) is 5.82 Å². The van der Waals surface area contributed by atoms with E-state index >= 15 is 0 Å². The Kier molecular flexibility index (Phi) is 6.77. The van der Waals surface area contributed by atoms with Gasteiger partial charge in [-0.1, -0.05) is 0 Å². The van der Waals surface area contributed by atoms with E-state index in [-0.39, 0.29) is 12.1 Å². The summed E-state index contributed by atoms with van der Waals surface area (Å²) in [5, 5.41) is 9.36. The number of carbonyl (C=O) groups is 1. The lowest BCUT2D eigenvalue weighted by Crippen LogP contribution is -2.44. The molecule has 1 aromatic carbocycles. The van der Waals surface area contributed by atoms with Crippen molar-refractivity contribution < 1.29 is 9.53 Å². The number of hydrogen-bond acceptors (Lipinski definition) is 7. The first-order valence-electron chi connectivity index (χ1n) is 13.5. The molecule has 2 amide bonds. The van der Waals surface area contributed by atoms with Crippen molar-refractivity contribution in [2.24, 2.45) is 5.92 Å². The molecule has 4 aliphatic rings. The minimum Gasteiger partial charge on any atom is -0.377 e. The second-order valence-electron chi connectivity index (χ2n) is 10.7. The number of rotatable bonds is 6. The number of benzene rings is 1. The molecule has 1 unspecified atom stereocenters. The van der Waals surface area contributed by atoms with Crippen molar-refractivity contribution in [3.8, 4) is 11.4 Å². The van der Waals surface area contributed by atoms with E-state index in [2.05, 4.69) is 32.7 Å². The molecule has 3 aliphatic heterocycles. The van der Waals surface area contributed by atoms with Gasteiger partial charge in [0.25, 0.3) is 0 Å². The van der Waals surface area contributed by atoms with Gasteiger partial charge in [0.15, 0.2) is 5.82 Å². The first-order chi connectivity index (χ1) is 17.6. The van der Waals surface area contributed by atoms with E-state index < -0.39 is 0 Å². The third-order valence-corrected chi connectivity index (χ3v) is 7.75. The predicted molar refractivity (Wildman–Crippen MR) is 140 cm³/mol. The maximum Gasteiger partial charge on any atom is 0.319 e. The molecule has 9 nitrogen and oxygen atoms in total. The fourth-order valence-electron chi connectivity index (χ4n) is 5.55. The summed E-state index contributed by atoms with van der Waals surface area (Å²) in [6, 6.07) is 8.33. The van der Waals surface area contributed by atoms with E-state index in [1.807, 2.05) is 24.3 Å². The number of amides is 2. The van der Waals surface area contributed by atoms with Crippen LogP contribution in [0.15, 0.2) is 24.3 Å². The van der Waals surface area contributed by atoms with Crippen molar-refractivity contribution in [3.63, 3.8) is 0 Å². The number of carbonyl (C=O) groups excluding carboxylic acids is 1. The Hall–Kier alpha value is -2.75. The molecule has 1 aliphatic carbocycles. The maximum absolute atomic E-state index is 12.1. The molecule has 2 aromatic rings. The topological polar surface area (TPSA) is 94.6 Å². The van der Waals surface area contributed by atoms with Crippen LogP contribution in [-0.2, 0) is 17.8 Å². The summed E-state index contributed by atoms with van der Waals surface area (Å²) in [7, 11) is 0. The third kappa shape index (κ3) is 5.33. The number of aromatic nitrogens is 2. The number of morpholine rings is 1. The highest BCUT2D eigenvalue weighted by Gasteiger charge is 2.32. The summed E-state index contributed by atoms with van der Waals surface area (Å²) in [6.45, 7) is 9.66. The maximum atomic E-state index is 12.1. The zero-order valence-electron chi connectivity index (χ0n) is 21.1. The predicted octanol–water partition coefficient (Wildman–Crippen LogP) is 2.97. The lowest BCUT2D eigenvalue weighted by atomic mass is 9.98. The Morgan fingerprint density at radius 1 is 1.11 bits per heavy atom. The highest BCUT2D eigenvalue weighted by atomic mass is 16.5. The van der Waals surface area contributed by atoms with E-state index in [0.717, 1.165) is 99.8 Å². The van der Waals surface area contributed by atoms with Crippen LogP contribution in [0.25, 0.3) is 11.4 Å². The molecule has 36 heavy (non-hydrogen) atoms. The van der Waals surface area contributed by atoms with Gasteiger partial charge < -0.3 is 25.6 Å². The van der Waals surface area contributed by atoms with Crippen molar-refractivity contribution >= 4 is 17.5 Å². The van der Waals surface area contributed by atoms with E-state index in [1.165, 1.54) is 18.4 Å². The van der Waals surface area contributed by atoms with E-state index in [0.29, 0.717) is 6.04 Å². The zero-order valence-corrected chi connectivity index (χ0v) is 21.1. The summed E-state index contributed by atoms with van der Waals surface area (Å²) in [5.74, 6) is 2.56. The quantitative estimate of drug-likeness (QED) is 0.572. The molecule has 9 heteroatoms. The van der Waals surface area contributed by atoms with E-state index in [9.17, 15) is 4.79 Å². The normalized spacial score (nSPS) is 22.9. The van der Waals surface area contributed by atoms with Gasteiger partial charge in [-0.25, -0.2) is 14.8 Å².